The molecule has 0 unspecified atom stereocenters. The number of rotatable bonds is 8. The lowest BCUT2D eigenvalue weighted by Crippen LogP contribution is -2.25. The maximum absolute atomic E-state index is 5.60. The molecule has 0 aromatic heterocycles. The third-order valence-corrected chi connectivity index (χ3v) is 2.37. The lowest BCUT2D eigenvalue weighted by Gasteiger charge is -2.15. The highest BCUT2D eigenvalue weighted by molar-refractivity contribution is 5.20. The van der Waals surface area contributed by atoms with E-state index in [4.69, 9.17) is 9.47 Å². The molecule has 0 atom stereocenters. The van der Waals surface area contributed by atoms with Gasteiger partial charge in [-0.1, -0.05) is 18.2 Å². The van der Waals surface area contributed by atoms with Crippen LogP contribution >= 0.6 is 0 Å². The van der Waals surface area contributed by atoms with Gasteiger partial charge in [-0.3, -0.25) is 0 Å². The summed E-state index contributed by atoms with van der Waals surface area (Å²) >= 11 is 0. The van der Waals surface area contributed by atoms with Gasteiger partial charge in [0.2, 0.25) is 0 Å². The molecular formula is C13H21NO2. The van der Waals surface area contributed by atoms with Gasteiger partial charge in [-0.15, -0.1) is 0 Å². The van der Waals surface area contributed by atoms with Crippen LogP contribution in [0.4, 0.5) is 0 Å². The van der Waals surface area contributed by atoms with Crippen LogP contribution in [0.5, 0.6) is 5.75 Å². The first-order chi connectivity index (χ1) is 7.83. The lowest BCUT2D eigenvalue weighted by molar-refractivity contribution is 0.157. The van der Waals surface area contributed by atoms with Crippen molar-refractivity contribution in [3.8, 4) is 5.75 Å². The molecule has 3 nitrogen and oxygen atoms in total. The largest absolute Gasteiger partial charge is 0.494 e. The van der Waals surface area contributed by atoms with Gasteiger partial charge in [0.1, 0.15) is 5.75 Å². The summed E-state index contributed by atoms with van der Waals surface area (Å²) in [5.41, 5.74) is 0. The first-order valence-corrected chi connectivity index (χ1v) is 5.68. The molecule has 1 aromatic rings. The lowest BCUT2D eigenvalue weighted by atomic mass is 10.3. The molecule has 90 valence electrons. The Morgan fingerprint density at radius 3 is 2.50 bits per heavy atom. The topological polar surface area (TPSA) is 21.7 Å². The molecule has 0 fully saturated rings. The zero-order chi connectivity index (χ0) is 11.6. The van der Waals surface area contributed by atoms with Crippen LogP contribution < -0.4 is 4.74 Å². The van der Waals surface area contributed by atoms with E-state index < -0.39 is 0 Å². The fraction of sp³-hybridized carbons (Fsp3) is 0.538. The number of benzene rings is 1. The van der Waals surface area contributed by atoms with Crippen molar-refractivity contribution < 1.29 is 9.47 Å². The number of likely N-dealkylation sites (N-methyl/N-ethyl adjacent to an activating group) is 1. The Bertz CT molecular complexity index is 264. The van der Waals surface area contributed by atoms with Gasteiger partial charge in [-0.05, 0) is 25.6 Å². The number of nitrogens with zero attached hydrogens (tertiary/aromatic N) is 1. The van der Waals surface area contributed by atoms with Gasteiger partial charge in [0, 0.05) is 20.2 Å². The van der Waals surface area contributed by atoms with Crippen molar-refractivity contribution >= 4 is 0 Å². The molecule has 0 saturated carbocycles. The predicted octanol–water partition coefficient (Wildman–Crippen LogP) is 2.03. The van der Waals surface area contributed by atoms with E-state index in [2.05, 4.69) is 11.9 Å². The fourth-order valence-electron chi connectivity index (χ4n) is 1.40. The predicted molar refractivity (Wildman–Crippen MR) is 65.9 cm³/mol. The summed E-state index contributed by atoms with van der Waals surface area (Å²) in [4.78, 5) is 2.25. The Morgan fingerprint density at radius 2 is 1.81 bits per heavy atom. The van der Waals surface area contributed by atoms with Crippen molar-refractivity contribution in [1.82, 2.24) is 4.90 Å². The average Bonchev–Trinajstić information content (AvgIpc) is 2.33. The highest BCUT2D eigenvalue weighted by Gasteiger charge is 1.97. The van der Waals surface area contributed by atoms with E-state index in [0.29, 0.717) is 0 Å². The standard InChI is InChI=1S/C13H21NO2/c1-14(10-12-15-2)9-6-11-16-13-7-4-3-5-8-13/h3-5,7-8H,6,9-12H2,1-2H3. The van der Waals surface area contributed by atoms with Crippen molar-refractivity contribution in [3.63, 3.8) is 0 Å². The van der Waals surface area contributed by atoms with Crippen LogP contribution in [0.15, 0.2) is 30.3 Å². The quantitative estimate of drug-likeness (QED) is 0.629. The van der Waals surface area contributed by atoms with Crippen LogP contribution in [0, 0.1) is 0 Å². The molecular weight excluding hydrogens is 202 g/mol. The molecule has 0 bridgehead atoms. The second-order valence-corrected chi connectivity index (χ2v) is 3.81. The Morgan fingerprint density at radius 1 is 1.06 bits per heavy atom. The minimum atomic E-state index is 0.765. The minimum Gasteiger partial charge on any atom is -0.494 e. The molecule has 0 aliphatic carbocycles. The fourth-order valence-corrected chi connectivity index (χ4v) is 1.40. The van der Waals surface area contributed by atoms with Crippen LogP contribution in [-0.4, -0.2) is 45.4 Å². The molecule has 0 saturated heterocycles. The Balaban J connectivity index is 2.03. The van der Waals surface area contributed by atoms with Crippen molar-refractivity contribution in [2.75, 3.05) is 40.5 Å². The van der Waals surface area contributed by atoms with Crippen molar-refractivity contribution in [2.45, 2.75) is 6.42 Å². The van der Waals surface area contributed by atoms with Crippen LogP contribution in [0.2, 0.25) is 0 Å². The van der Waals surface area contributed by atoms with Crippen molar-refractivity contribution in [2.24, 2.45) is 0 Å². The number of para-hydroxylation sites is 1. The van der Waals surface area contributed by atoms with Gasteiger partial charge in [-0.2, -0.15) is 0 Å². The second kappa shape index (κ2) is 8.13. The molecule has 1 aromatic carbocycles. The van der Waals surface area contributed by atoms with Crippen molar-refractivity contribution in [1.29, 1.82) is 0 Å². The third-order valence-electron chi connectivity index (χ3n) is 2.37. The molecule has 3 heteroatoms. The van der Waals surface area contributed by atoms with E-state index in [1.807, 2.05) is 30.3 Å². The average molecular weight is 223 g/mol. The molecule has 0 amide bonds. The first kappa shape index (κ1) is 13.0. The molecule has 0 spiro atoms. The summed E-state index contributed by atoms with van der Waals surface area (Å²) in [6, 6.07) is 9.93. The zero-order valence-corrected chi connectivity index (χ0v) is 10.2. The van der Waals surface area contributed by atoms with Crippen LogP contribution in [0.3, 0.4) is 0 Å². The smallest absolute Gasteiger partial charge is 0.119 e. The summed E-state index contributed by atoms with van der Waals surface area (Å²) in [6.45, 7) is 3.56. The maximum atomic E-state index is 5.60. The number of ether oxygens (including phenoxy) is 2. The van der Waals surface area contributed by atoms with Gasteiger partial charge >= 0.3 is 0 Å². The Kier molecular flexibility index (Phi) is 6.61. The monoisotopic (exact) mass is 223 g/mol. The zero-order valence-electron chi connectivity index (χ0n) is 10.2. The molecule has 1 rings (SSSR count). The van der Waals surface area contributed by atoms with Crippen LogP contribution in [0.1, 0.15) is 6.42 Å². The van der Waals surface area contributed by atoms with Crippen LogP contribution in [0.25, 0.3) is 0 Å². The highest BCUT2D eigenvalue weighted by Crippen LogP contribution is 2.08. The van der Waals surface area contributed by atoms with E-state index >= 15 is 0 Å². The molecule has 16 heavy (non-hydrogen) atoms. The number of methoxy groups -OCH3 is 1. The van der Waals surface area contributed by atoms with E-state index in [0.717, 1.165) is 38.5 Å². The van der Waals surface area contributed by atoms with E-state index in [1.165, 1.54) is 0 Å². The Labute approximate surface area is 98.0 Å². The van der Waals surface area contributed by atoms with Gasteiger partial charge in [0.25, 0.3) is 0 Å². The highest BCUT2D eigenvalue weighted by atomic mass is 16.5. The van der Waals surface area contributed by atoms with Gasteiger partial charge in [-0.25, -0.2) is 0 Å². The summed E-state index contributed by atoms with van der Waals surface area (Å²) < 4.78 is 10.6. The SMILES string of the molecule is COCCN(C)CCCOc1ccccc1. The first-order valence-electron chi connectivity index (χ1n) is 5.68. The summed E-state index contributed by atoms with van der Waals surface area (Å²) in [6.07, 6.45) is 1.04. The molecule has 0 aliphatic heterocycles. The van der Waals surface area contributed by atoms with Crippen molar-refractivity contribution in [3.05, 3.63) is 30.3 Å². The summed E-state index contributed by atoms with van der Waals surface area (Å²) in [7, 11) is 3.83. The molecule has 0 N–H and O–H groups in total. The van der Waals surface area contributed by atoms with Gasteiger partial charge in [0.15, 0.2) is 0 Å². The van der Waals surface area contributed by atoms with E-state index in [1.54, 1.807) is 7.11 Å². The maximum Gasteiger partial charge on any atom is 0.119 e. The summed E-state index contributed by atoms with van der Waals surface area (Å²) in [5.74, 6) is 0.946. The molecule has 0 aliphatic rings. The number of hydrogen-bond donors (Lipinski definition) is 0. The van der Waals surface area contributed by atoms with E-state index in [9.17, 15) is 0 Å². The second-order valence-electron chi connectivity index (χ2n) is 3.81. The molecule has 0 heterocycles. The van der Waals surface area contributed by atoms with Gasteiger partial charge < -0.3 is 14.4 Å². The minimum absolute atomic E-state index is 0.765. The normalized spacial score (nSPS) is 10.7. The van der Waals surface area contributed by atoms with Gasteiger partial charge in [0.05, 0.1) is 13.2 Å². The van der Waals surface area contributed by atoms with E-state index in [-0.39, 0.29) is 0 Å². The number of hydrogen-bond acceptors (Lipinski definition) is 3. The Hall–Kier alpha value is -1.06. The van der Waals surface area contributed by atoms with Crippen LogP contribution in [-0.2, 0) is 4.74 Å². The summed E-state index contributed by atoms with van der Waals surface area (Å²) in [5, 5.41) is 0. The third kappa shape index (κ3) is 5.73. The molecule has 0 radical (unpaired) electrons.